The van der Waals surface area contributed by atoms with Gasteiger partial charge in [0.25, 0.3) is 0 Å². The molecule has 2 aromatic carbocycles. The van der Waals surface area contributed by atoms with Crippen molar-refractivity contribution < 1.29 is 37.1 Å². The minimum Gasteiger partial charge on any atom is -0.351 e. The van der Waals surface area contributed by atoms with Crippen molar-refractivity contribution in [3.05, 3.63) is 82.0 Å². The van der Waals surface area contributed by atoms with Crippen LogP contribution < -0.4 is 0 Å². The van der Waals surface area contributed by atoms with Gasteiger partial charge >= 0.3 is 12.2 Å². The summed E-state index contributed by atoms with van der Waals surface area (Å²) in [6.07, 6.45) is -4.61. The molecule has 0 bridgehead atoms. The second-order valence-electron chi connectivity index (χ2n) is 8.45. The highest BCUT2D eigenvalue weighted by Crippen LogP contribution is 2.42. The van der Waals surface area contributed by atoms with E-state index in [0.717, 1.165) is 24.3 Å². The molecule has 182 valence electrons. The number of aromatic nitrogens is 1. The molecule has 0 radical (unpaired) electrons. The summed E-state index contributed by atoms with van der Waals surface area (Å²) in [7, 11) is 2.33. The third-order valence-corrected chi connectivity index (χ3v) is 6.43. The van der Waals surface area contributed by atoms with E-state index in [1.807, 2.05) is 0 Å². The minimum atomic E-state index is -4.61. The predicted octanol–water partition coefficient (Wildman–Crippen LogP) is 3.61. The van der Waals surface area contributed by atoms with Crippen molar-refractivity contribution in [2.75, 3.05) is 14.1 Å². The normalized spacial score (nSPS) is 16.5. The Morgan fingerprint density at radius 1 is 0.750 bits per heavy atom. The Morgan fingerprint density at radius 3 is 1.81 bits per heavy atom. The lowest BCUT2D eigenvalue weighted by Crippen LogP contribution is -2.56. The number of benzene rings is 2. The number of halogens is 3. The lowest BCUT2D eigenvalue weighted by Gasteiger charge is -2.33. The Morgan fingerprint density at radius 2 is 1.28 bits per heavy atom. The number of amides is 4. The van der Waals surface area contributed by atoms with Crippen LogP contribution in [0.1, 0.15) is 49.0 Å². The van der Waals surface area contributed by atoms with Crippen molar-refractivity contribution in [3.8, 4) is 11.3 Å². The fraction of sp³-hybridized carbons (Fsp3) is 0.160. The zero-order chi connectivity index (χ0) is 26.1. The number of alkyl halides is 3. The first-order valence-electron chi connectivity index (χ1n) is 10.6. The highest BCUT2D eigenvalue weighted by Gasteiger charge is 2.48. The lowest BCUT2D eigenvalue weighted by atomic mass is 9.81. The van der Waals surface area contributed by atoms with Gasteiger partial charge in [-0.1, -0.05) is 36.4 Å². The molecular formula is C25H16F3N3O5. The van der Waals surface area contributed by atoms with Crippen molar-refractivity contribution in [2.45, 2.75) is 12.1 Å². The maximum atomic E-state index is 13.6. The van der Waals surface area contributed by atoms with Gasteiger partial charge in [0.2, 0.25) is 17.6 Å². The molecule has 0 saturated carbocycles. The number of rotatable bonds is 2. The Balaban J connectivity index is 1.79. The van der Waals surface area contributed by atoms with Gasteiger partial charge in [-0.2, -0.15) is 13.2 Å². The van der Waals surface area contributed by atoms with Crippen LogP contribution in [-0.4, -0.2) is 58.3 Å². The van der Waals surface area contributed by atoms with Crippen molar-refractivity contribution >= 4 is 29.4 Å². The quantitative estimate of drug-likeness (QED) is 0.428. The number of ketones is 2. The molecule has 4 amide bonds. The summed E-state index contributed by atoms with van der Waals surface area (Å²) in [6, 6.07) is 8.97. The maximum Gasteiger partial charge on any atom is 0.416 e. The molecule has 1 N–H and O–H groups in total. The molecule has 5 rings (SSSR count). The van der Waals surface area contributed by atoms with Crippen molar-refractivity contribution in [3.63, 3.8) is 0 Å². The fourth-order valence-corrected chi connectivity index (χ4v) is 4.56. The van der Waals surface area contributed by atoms with Gasteiger partial charge in [-0.3, -0.25) is 29.0 Å². The van der Waals surface area contributed by atoms with Gasteiger partial charge in [0.05, 0.1) is 22.5 Å². The number of fused-ring (bicyclic) bond motifs is 2. The van der Waals surface area contributed by atoms with Gasteiger partial charge in [-0.25, -0.2) is 4.79 Å². The number of likely N-dealkylation sites (N-methyl/N-ethyl adjacent to an activating group) is 2. The fourth-order valence-electron chi connectivity index (χ4n) is 4.56. The van der Waals surface area contributed by atoms with Gasteiger partial charge in [-0.15, -0.1) is 0 Å². The first-order valence-corrected chi connectivity index (χ1v) is 10.6. The van der Waals surface area contributed by atoms with E-state index >= 15 is 0 Å². The largest absolute Gasteiger partial charge is 0.416 e. The molecule has 0 atom stereocenters. The molecule has 8 nitrogen and oxygen atoms in total. The molecule has 0 unspecified atom stereocenters. The Labute approximate surface area is 201 Å². The van der Waals surface area contributed by atoms with Gasteiger partial charge < -0.3 is 4.98 Å². The SMILES string of the molecule is CN1C(=O)C(c2c(-c3ccc(C(F)(F)F)cc3)[nH]c3c2C(=O)c2ccccc2C3=O)C(=O)N(C)C1=O. The van der Waals surface area contributed by atoms with Crippen LogP contribution in [0.15, 0.2) is 48.5 Å². The van der Waals surface area contributed by atoms with Gasteiger partial charge in [-0.05, 0) is 17.7 Å². The van der Waals surface area contributed by atoms with Crippen LogP contribution in [0, 0.1) is 0 Å². The number of barbiturate groups is 1. The predicted molar refractivity (Wildman–Crippen MR) is 118 cm³/mol. The number of aromatic amines is 1. The van der Waals surface area contributed by atoms with Crippen molar-refractivity contribution in [1.82, 2.24) is 14.8 Å². The van der Waals surface area contributed by atoms with E-state index in [1.54, 1.807) is 12.1 Å². The number of hydrogen-bond donors (Lipinski definition) is 1. The van der Waals surface area contributed by atoms with E-state index in [1.165, 1.54) is 26.2 Å². The summed E-state index contributed by atoms with van der Waals surface area (Å²) >= 11 is 0. The molecule has 2 aliphatic rings. The van der Waals surface area contributed by atoms with Gasteiger partial charge in [0.15, 0.2) is 5.78 Å². The summed E-state index contributed by atoms with van der Waals surface area (Å²) in [5.74, 6) is -4.76. The van der Waals surface area contributed by atoms with Crippen LogP contribution in [0.2, 0.25) is 0 Å². The zero-order valence-electron chi connectivity index (χ0n) is 18.8. The molecule has 1 aliphatic heterocycles. The molecule has 1 fully saturated rings. The average Bonchev–Trinajstić information content (AvgIpc) is 3.25. The standard InChI is InChI=1S/C25H16F3N3O5/c1-30-22(34)17(23(35)31(2)24(30)36)15-16-19(21(33)14-6-4-3-5-13(14)20(16)32)29-18(15)11-7-9-12(10-8-11)25(26,27)28/h3-10,17,29H,1-2H3. The number of imide groups is 2. The Bertz CT molecular complexity index is 1480. The summed E-state index contributed by atoms with van der Waals surface area (Å²) in [6.45, 7) is 0. The van der Waals surface area contributed by atoms with E-state index in [4.69, 9.17) is 0 Å². The number of carbonyl (C=O) groups is 5. The first-order chi connectivity index (χ1) is 16.9. The van der Waals surface area contributed by atoms with E-state index < -0.39 is 47.1 Å². The number of nitrogens with one attached hydrogen (secondary N) is 1. The summed E-state index contributed by atoms with van der Waals surface area (Å²) in [5.41, 5.74) is -1.28. The molecule has 1 aromatic heterocycles. The number of nitrogens with zero attached hydrogens (tertiary/aromatic N) is 2. The number of carbonyl (C=O) groups excluding carboxylic acids is 5. The van der Waals surface area contributed by atoms with E-state index in [9.17, 15) is 37.1 Å². The molecule has 3 aromatic rings. The summed E-state index contributed by atoms with van der Waals surface area (Å²) < 4.78 is 39.4. The zero-order valence-corrected chi connectivity index (χ0v) is 18.8. The summed E-state index contributed by atoms with van der Waals surface area (Å²) in [5, 5.41) is 0. The summed E-state index contributed by atoms with van der Waals surface area (Å²) in [4.78, 5) is 69.7. The average molecular weight is 495 g/mol. The third-order valence-electron chi connectivity index (χ3n) is 6.43. The highest BCUT2D eigenvalue weighted by atomic mass is 19.4. The van der Waals surface area contributed by atoms with E-state index in [-0.39, 0.29) is 39.2 Å². The Kier molecular flexibility index (Phi) is 4.99. The van der Waals surface area contributed by atoms with E-state index in [2.05, 4.69) is 4.98 Å². The molecule has 1 saturated heterocycles. The monoisotopic (exact) mass is 495 g/mol. The topological polar surface area (TPSA) is 108 Å². The van der Waals surface area contributed by atoms with Crippen LogP contribution in [0.4, 0.5) is 18.0 Å². The molecule has 36 heavy (non-hydrogen) atoms. The molecule has 11 heteroatoms. The molecule has 2 heterocycles. The second-order valence-corrected chi connectivity index (χ2v) is 8.45. The van der Waals surface area contributed by atoms with Crippen LogP contribution in [0.5, 0.6) is 0 Å². The maximum absolute atomic E-state index is 13.6. The van der Waals surface area contributed by atoms with Crippen LogP contribution in [0.25, 0.3) is 11.3 Å². The minimum absolute atomic E-state index is 0.0360. The number of H-pyrrole nitrogens is 1. The lowest BCUT2D eigenvalue weighted by molar-refractivity contribution is -0.143. The van der Waals surface area contributed by atoms with Crippen LogP contribution >= 0.6 is 0 Å². The van der Waals surface area contributed by atoms with E-state index in [0.29, 0.717) is 9.80 Å². The Hall–Kier alpha value is -4.54. The van der Waals surface area contributed by atoms with Crippen molar-refractivity contribution in [2.24, 2.45) is 0 Å². The van der Waals surface area contributed by atoms with Crippen molar-refractivity contribution in [1.29, 1.82) is 0 Å². The van der Waals surface area contributed by atoms with Gasteiger partial charge in [0, 0.05) is 30.8 Å². The highest BCUT2D eigenvalue weighted by molar-refractivity contribution is 6.30. The molecular weight excluding hydrogens is 479 g/mol. The molecule has 1 aliphatic carbocycles. The number of urea groups is 1. The smallest absolute Gasteiger partial charge is 0.351 e. The number of hydrogen-bond acceptors (Lipinski definition) is 5. The molecule has 0 spiro atoms. The third kappa shape index (κ3) is 3.19. The first kappa shape index (κ1) is 23.2. The second kappa shape index (κ2) is 7.74. The van der Waals surface area contributed by atoms with Gasteiger partial charge in [0.1, 0.15) is 5.92 Å². The van der Waals surface area contributed by atoms with Crippen LogP contribution in [-0.2, 0) is 15.8 Å². The van der Waals surface area contributed by atoms with Crippen LogP contribution in [0.3, 0.4) is 0 Å².